The second-order valence-electron chi connectivity index (χ2n) is 6.15. The van der Waals surface area contributed by atoms with E-state index >= 15 is 0 Å². The van der Waals surface area contributed by atoms with Crippen LogP contribution in [-0.2, 0) is 10.2 Å². The topological polar surface area (TPSA) is 46.3 Å². The van der Waals surface area contributed by atoms with Gasteiger partial charge in [-0.05, 0) is 49.1 Å². The van der Waals surface area contributed by atoms with E-state index in [4.69, 9.17) is 5.73 Å². The van der Waals surface area contributed by atoms with Crippen LogP contribution in [0.4, 0.5) is 0 Å². The fourth-order valence-corrected chi connectivity index (χ4v) is 3.61. The molecule has 124 valence electrons. The number of fused-ring (bicyclic) bond motifs is 1. The predicted octanol–water partition coefficient (Wildman–Crippen LogP) is 3.35. The minimum atomic E-state index is -0.398. The molecule has 2 aromatic rings. The Morgan fingerprint density at radius 1 is 1.17 bits per heavy atom. The van der Waals surface area contributed by atoms with Crippen LogP contribution in [0, 0.1) is 5.92 Å². The molecule has 2 atom stereocenters. The van der Waals surface area contributed by atoms with Crippen molar-refractivity contribution in [2.24, 2.45) is 11.7 Å². The van der Waals surface area contributed by atoms with E-state index in [2.05, 4.69) is 30.3 Å². The summed E-state index contributed by atoms with van der Waals surface area (Å²) in [6.45, 7) is 6.15. The van der Waals surface area contributed by atoms with Gasteiger partial charge in [0.2, 0.25) is 5.91 Å². The van der Waals surface area contributed by atoms with Crippen molar-refractivity contribution in [3.8, 4) is 0 Å². The molecule has 0 radical (unpaired) electrons. The van der Waals surface area contributed by atoms with Gasteiger partial charge in [0, 0.05) is 13.1 Å². The smallest absolute Gasteiger partial charge is 0.233 e. The quantitative estimate of drug-likeness (QED) is 0.912. The highest BCUT2D eigenvalue weighted by atomic mass is 35.5. The van der Waals surface area contributed by atoms with Gasteiger partial charge in [0.05, 0.1) is 5.41 Å². The summed E-state index contributed by atoms with van der Waals surface area (Å²) in [7, 11) is 0. The first-order valence-electron chi connectivity index (χ1n) is 8.16. The average Bonchev–Trinajstić information content (AvgIpc) is 3.31. The Bertz CT molecular complexity index is 699. The lowest BCUT2D eigenvalue weighted by Crippen LogP contribution is -2.40. The molecule has 1 aliphatic rings. The highest BCUT2D eigenvalue weighted by Crippen LogP contribution is 2.55. The van der Waals surface area contributed by atoms with Crippen molar-refractivity contribution >= 4 is 29.1 Å². The zero-order valence-corrected chi connectivity index (χ0v) is 14.6. The van der Waals surface area contributed by atoms with Gasteiger partial charge in [-0.15, -0.1) is 12.4 Å². The first-order chi connectivity index (χ1) is 10.7. The summed E-state index contributed by atoms with van der Waals surface area (Å²) in [5.41, 5.74) is 6.64. The first-order valence-corrected chi connectivity index (χ1v) is 8.16. The molecular weight excluding hydrogens is 308 g/mol. The third-order valence-electron chi connectivity index (χ3n) is 5.09. The van der Waals surface area contributed by atoms with E-state index < -0.39 is 5.41 Å². The van der Waals surface area contributed by atoms with Crippen molar-refractivity contribution in [1.82, 2.24) is 4.90 Å². The lowest BCUT2D eigenvalue weighted by molar-refractivity contribution is -0.134. The number of nitrogens with zero attached hydrogens (tertiary/aromatic N) is 1. The number of hydrogen-bond acceptors (Lipinski definition) is 2. The normalized spacial score (nSPS) is 22.5. The lowest BCUT2D eigenvalue weighted by atomic mass is 9.89. The number of likely N-dealkylation sites (N-methyl/N-ethyl adjacent to an activating group) is 1. The first kappa shape index (κ1) is 17.8. The Morgan fingerprint density at radius 3 is 2.39 bits per heavy atom. The van der Waals surface area contributed by atoms with Crippen LogP contribution in [-0.4, -0.2) is 30.4 Å². The van der Waals surface area contributed by atoms with Crippen molar-refractivity contribution in [3.63, 3.8) is 0 Å². The standard InChI is InChI=1S/C19H24N2O.ClH/c1-3-21(4-2)18(22)19(12-17(19)13-20)16-10-9-14-7-5-6-8-15(14)11-16;/h5-11,17H,3-4,12-13,20H2,1-2H3;1H/t17-,19+;/m1./s1. The molecule has 0 saturated heterocycles. The highest BCUT2D eigenvalue weighted by molar-refractivity contribution is 5.94. The lowest BCUT2D eigenvalue weighted by Gasteiger charge is -2.26. The summed E-state index contributed by atoms with van der Waals surface area (Å²) >= 11 is 0. The molecule has 2 N–H and O–H groups in total. The summed E-state index contributed by atoms with van der Waals surface area (Å²) < 4.78 is 0. The minimum absolute atomic E-state index is 0. The molecule has 4 heteroatoms. The second-order valence-corrected chi connectivity index (χ2v) is 6.15. The van der Waals surface area contributed by atoms with E-state index in [1.54, 1.807) is 0 Å². The molecule has 0 bridgehead atoms. The van der Waals surface area contributed by atoms with Crippen molar-refractivity contribution in [2.75, 3.05) is 19.6 Å². The molecule has 1 aliphatic carbocycles. The fraction of sp³-hybridized carbons (Fsp3) is 0.421. The van der Waals surface area contributed by atoms with Gasteiger partial charge < -0.3 is 10.6 Å². The third-order valence-corrected chi connectivity index (χ3v) is 5.09. The SMILES string of the molecule is CCN(CC)C(=O)[C@]1(c2ccc3ccccc3c2)C[C@@H]1CN.Cl. The monoisotopic (exact) mass is 332 g/mol. The number of rotatable bonds is 5. The maximum absolute atomic E-state index is 13.1. The molecule has 1 fully saturated rings. The largest absolute Gasteiger partial charge is 0.342 e. The molecule has 0 heterocycles. The van der Waals surface area contributed by atoms with Crippen LogP contribution in [0.15, 0.2) is 42.5 Å². The summed E-state index contributed by atoms with van der Waals surface area (Å²) in [5.74, 6) is 0.505. The predicted molar refractivity (Wildman–Crippen MR) is 98.0 cm³/mol. The number of hydrogen-bond donors (Lipinski definition) is 1. The highest BCUT2D eigenvalue weighted by Gasteiger charge is 2.61. The summed E-state index contributed by atoms with van der Waals surface area (Å²) in [6, 6.07) is 14.7. The average molecular weight is 333 g/mol. The van der Waals surface area contributed by atoms with Crippen molar-refractivity contribution < 1.29 is 4.79 Å². The zero-order chi connectivity index (χ0) is 15.7. The number of carbonyl (C=O) groups is 1. The Labute approximate surface area is 144 Å². The molecule has 0 aliphatic heterocycles. The van der Waals surface area contributed by atoms with E-state index in [9.17, 15) is 4.79 Å². The summed E-state index contributed by atoms with van der Waals surface area (Å²) in [6.07, 6.45) is 0.872. The van der Waals surface area contributed by atoms with Crippen LogP contribution in [0.1, 0.15) is 25.8 Å². The summed E-state index contributed by atoms with van der Waals surface area (Å²) in [5, 5.41) is 2.40. The van der Waals surface area contributed by atoms with Crippen LogP contribution in [0.3, 0.4) is 0 Å². The van der Waals surface area contributed by atoms with Crippen LogP contribution in [0.2, 0.25) is 0 Å². The van der Waals surface area contributed by atoms with Gasteiger partial charge in [-0.1, -0.05) is 42.5 Å². The van der Waals surface area contributed by atoms with Crippen molar-refractivity contribution in [2.45, 2.75) is 25.7 Å². The number of carbonyl (C=O) groups excluding carboxylic acids is 1. The van der Waals surface area contributed by atoms with Crippen LogP contribution < -0.4 is 5.73 Å². The molecule has 0 aromatic heterocycles. The van der Waals surface area contributed by atoms with E-state index in [0.717, 1.165) is 25.1 Å². The van der Waals surface area contributed by atoms with Gasteiger partial charge in [0.15, 0.2) is 0 Å². The van der Waals surface area contributed by atoms with Gasteiger partial charge in [-0.3, -0.25) is 4.79 Å². The fourth-order valence-electron chi connectivity index (χ4n) is 3.61. The van der Waals surface area contributed by atoms with Gasteiger partial charge in [0.1, 0.15) is 0 Å². The molecular formula is C19H25ClN2O. The van der Waals surface area contributed by atoms with Gasteiger partial charge in [-0.25, -0.2) is 0 Å². The maximum atomic E-state index is 13.1. The molecule has 1 amide bonds. The van der Waals surface area contributed by atoms with Crippen LogP contribution >= 0.6 is 12.4 Å². The minimum Gasteiger partial charge on any atom is -0.342 e. The number of benzene rings is 2. The molecule has 23 heavy (non-hydrogen) atoms. The van der Waals surface area contributed by atoms with E-state index in [1.165, 1.54) is 10.8 Å². The molecule has 0 spiro atoms. The van der Waals surface area contributed by atoms with Crippen molar-refractivity contribution in [3.05, 3.63) is 48.0 Å². The number of halogens is 1. The van der Waals surface area contributed by atoms with E-state index in [0.29, 0.717) is 6.54 Å². The Hall–Kier alpha value is -1.58. The van der Waals surface area contributed by atoms with Crippen molar-refractivity contribution in [1.29, 1.82) is 0 Å². The number of nitrogens with two attached hydrogens (primary N) is 1. The maximum Gasteiger partial charge on any atom is 0.233 e. The van der Waals surface area contributed by atoms with Gasteiger partial charge >= 0.3 is 0 Å². The van der Waals surface area contributed by atoms with Gasteiger partial charge in [0.25, 0.3) is 0 Å². The molecule has 0 unspecified atom stereocenters. The zero-order valence-electron chi connectivity index (χ0n) is 13.8. The molecule has 2 aromatic carbocycles. The van der Waals surface area contributed by atoms with Crippen LogP contribution in [0.25, 0.3) is 10.8 Å². The molecule has 3 rings (SSSR count). The third kappa shape index (κ3) is 2.84. The number of amides is 1. The summed E-state index contributed by atoms with van der Waals surface area (Å²) in [4.78, 5) is 15.0. The molecule has 3 nitrogen and oxygen atoms in total. The van der Waals surface area contributed by atoms with Gasteiger partial charge in [-0.2, -0.15) is 0 Å². The second kappa shape index (κ2) is 6.90. The van der Waals surface area contributed by atoms with E-state index in [1.807, 2.05) is 30.9 Å². The Morgan fingerprint density at radius 2 is 1.83 bits per heavy atom. The molecule has 1 saturated carbocycles. The van der Waals surface area contributed by atoms with Crippen LogP contribution in [0.5, 0.6) is 0 Å². The Balaban J connectivity index is 0.00000192. The Kier molecular flexibility index (Phi) is 5.33. The van der Waals surface area contributed by atoms with E-state index in [-0.39, 0.29) is 24.2 Å².